The minimum absolute atomic E-state index is 0.0904. The van der Waals surface area contributed by atoms with Crippen molar-refractivity contribution in [2.45, 2.75) is 25.6 Å². The highest BCUT2D eigenvalue weighted by Crippen LogP contribution is 2.34. The molecule has 1 aromatic carbocycles. The number of aliphatic hydroxyl groups excluding tert-OH is 1. The molecule has 0 spiro atoms. The fraction of sp³-hybridized carbons (Fsp3) is 0.400. The Labute approximate surface area is 85.0 Å². The van der Waals surface area contributed by atoms with Crippen molar-refractivity contribution < 1.29 is 23.4 Å². The predicted octanol–water partition coefficient (Wildman–Crippen LogP) is 2.85. The van der Waals surface area contributed by atoms with E-state index in [1.54, 1.807) is 6.92 Å². The first kappa shape index (κ1) is 11.8. The first-order valence-electron chi connectivity index (χ1n) is 4.44. The summed E-state index contributed by atoms with van der Waals surface area (Å²) in [6.45, 7) is 1.62. The second-order valence-corrected chi connectivity index (χ2v) is 3.20. The molecule has 1 unspecified atom stereocenters. The van der Waals surface area contributed by atoms with Crippen LogP contribution < -0.4 is 0 Å². The number of aromatic hydroxyl groups is 1. The quantitative estimate of drug-likeness (QED) is 0.804. The van der Waals surface area contributed by atoms with Gasteiger partial charge in [-0.3, -0.25) is 0 Å². The van der Waals surface area contributed by atoms with Gasteiger partial charge >= 0.3 is 6.18 Å². The Morgan fingerprint density at radius 3 is 2.40 bits per heavy atom. The molecule has 1 atom stereocenters. The standard InChI is InChI=1S/C10H11F3O2/c1-2-8(14)7-5-6(10(11,12)13)3-4-9(7)15/h3-5,8,14-15H,2H2,1H3. The van der Waals surface area contributed by atoms with Gasteiger partial charge in [-0.2, -0.15) is 13.2 Å². The molecule has 0 bridgehead atoms. The molecule has 0 aliphatic heterocycles. The van der Waals surface area contributed by atoms with Gasteiger partial charge in [0.15, 0.2) is 0 Å². The number of hydrogen-bond donors (Lipinski definition) is 2. The van der Waals surface area contributed by atoms with Gasteiger partial charge in [0.25, 0.3) is 0 Å². The molecule has 1 rings (SSSR count). The van der Waals surface area contributed by atoms with Gasteiger partial charge in [0.2, 0.25) is 0 Å². The van der Waals surface area contributed by atoms with E-state index >= 15 is 0 Å². The number of phenols is 1. The van der Waals surface area contributed by atoms with Gasteiger partial charge < -0.3 is 10.2 Å². The number of halogens is 3. The van der Waals surface area contributed by atoms with Crippen LogP contribution in [0.3, 0.4) is 0 Å². The van der Waals surface area contributed by atoms with Crippen LogP contribution in [0.25, 0.3) is 0 Å². The third kappa shape index (κ3) is 2.62. The summed E-state index contributed by atoms with van der Waals surface area (Å²) >= 11 is 0. The molecule has 5 heteroatoms. The van der Waals surface area contributed by atoms with Gasteiger partial charge in [0.05, 0.1) is 11.7 Å². The summed E-state index contributed by atoms with van der Waals surface area (Å²) in [6.07, 6.45) is -5.29. The lowest BCUT2D eigenvalue weighted by molar-refractivity contribution is -0.137. The Balaban J connectivity index is 3.17. The largest absolute Gasteiger partial charge is 0.508 e. The molecule has 0 aliphatic carbocycles. The Morgan fingerprint density at radius 2 is 1.93 bits per heavy atom. The Hall–Kier alpha value is -1.23. The summed E-state index contributed by atoms with van der Waals surface area (Å²) in [4.78, 5) is 0. The van der Waals surface area contributed by atoms with E-state index in [0.29, 0.717) is 0 Å². The van der Waals surface area contributed by atoms with E-state index < -0.39 is 17.8 Å². The normalized spacial score (nSPS) is 13.9. The monoisotopic (exact) mass is 220 g/mol. The van der Waals surface area contributed by atoms with Crippen LogP contribution in [0, 0.1) is 0 Å². The van der Waals surface area contributed by atoms with Crippen molar-refractivity contribution in [2.75, 3.05) is 0 Å². The molecule has 0 radical (unpaired) electrons. The summed E-state index contributed by atoms with van der Waals surface area (Å²) in [7, 11) is 0. The van der Waals surface area contributed by atoms with E-state index in [0.717, 1.165) is 18.2 Å². The summed E-state index contributed by atoms with van der Waals surface area (Å²) in [5.74, 6) is -0.322. The Morgan fingerprint density at radius 1 is 1.33 bits per heavy atom. The maximum Gasteiger partial charge on any atom is 0.416 e. The van der Waals surface area contributed by atoms with Gasteiger partial charge in [0.1, 0.15) is 5.75 Å². The van der Waals surface area contributed by atoms with Gasteiger partial charge in [-0.05, 0) is 24.6 Å². The molecule has 15 heavy (non-hydrogen) atoms. The summed E-state index contributed by atoms with van der Waals surface area (Å²) in [6, 6.07) is 2.49. The summed E-state index contributed by atoms with van der Waals surface area (Å²) < 4.78 is 36.9. The van der Waals surface area contributed by atoms with E-state index in [9.17, 15) is 23.4 Å². The number of phenolic OH excluding ortho intramolecular Hbond substituents is 1. The lowest BCUT2D eigenvalue weighted by Crippen LogP contribution is -2.06. The van der Waals surface area contributed by atoms with Crippen LogP contribution in [-0.4, -0.2) is 10.2 Å². The first-order chi connectivity index (χ1) is 6.86. The number of alkyl halides is 3. The van der Waals surface area contributed by atoms with Crippen molar-refractivity contribution in [1.29, 1.82) is 0 Å². The number of rotatable bonds is 2. The van der Waals surface area contributed by atoms with Gasteiger partial charge in [-0.1, -0.05) is 6.92 Å². The van der Waals surface area contributed by atoms with Crippen molar-refractivity contribution >= 4 is 0 Å². The van der Waals surface area contributed by atoms with E-state index in [1.807, 2.05) is 0 Å². The average Bonchev–Trinajstić information content (AvgIpc) is 2.15. The van der Waals surface area contributed by atoms with Crippen LogP contribution in [0.5, 0.6) is 5.75 Å². The SMILES string of the molecule is CCC(O)c1cc(C(F)(F)F)ccc1O. The molecule has 0 heterocycles. The molecule has 0 saturated carbocycles. The lowest BCUT2D eigenvalue weighted by Gasteiger charge is -2.13. The van der Waals surface area contributed by atoms with Gasteiger partial charge in [0, 0.05) is 5.56 Å². The molecule has 84 valence electrons. The first-order valence-corrected chi connectivity index (χ1v) is 4.44. The fourth-order valence-electron chi connectivity index (χ4n) is 1.22. The van der Waals surface area contributed by atoms with Gasteiger partial charge in [-0.25, -0.2) is 0 Å². The molecule has 2 nitrogen and oxygen atoms in total. The third-order valence-electron chi connectivity index (χ3n) is 2.10. The highest BCUT2D eigenvalue weighted by Gasteiger charge is 2.31. The smallest absolute Gasteiger partial charge is 0.416 e. The average molecular weight is 220 g/mol. The molecule has 0 saturated heterocycles. The zero-order valence-electron chi connectivity index (χ0n) is 8.04. The summed E-state index contributed by atoms with van der Waals surface area (Å²) in [5, 5.41) is 18.6. The Bertz CT molecular complexity index is 347. The molecular formula is C10H11F3O2. The lowest BCUT2D eigenvalue weighted by atomic mass is 10.0. The molecule has 0 aliphatic rings. The molecule has 2 N–H and O–H groups in total. The van der Waals surface area contributed by atoms with Crippen LogP contribution in [0.4, 0.5) is 13.2 Å². The number of benzene rings is 1. The van der Waals surface area contributed by atoms with Crippen molar-refractivity contribution in [2.24, 2.45) is 0 Å². The van der Waals surface area contributed by atoms with Crippen molar-refractivity contribution in [3.05, 3.63) is 29.3 Å². The maximum absolute atomic E-state index is 12.3. The van der Waals surface area contributed by atoms with Crippen LogP contribution >= 0.6 is 0 Å². The minimum Gasteiger partial charge on any atom is -0.508 e. The number of aliphatic hydroxyl groups is 1. The minimum atomic E-state index is -4.46. The Kier molecular flexibility index (Phi) is 3.24. The highest BCUT2D eigenvalue weighted by molar-refractivity contribution is 5.38. The zero-order chi connectivity index (χ0) is 11.6. The second kappa shape index (κ2) is 4.10. The predicted molar refractivity (Wildman–Crippen MR) is 48.4 cm³/mol. The second-order valence-electron chi connectivity index (χ2n) is 3.20. The van der Waals surface area contributed by atoms with Crippen LogP contribution in [-0.2, 0) is 6.18 Å². The summed E-state index contributed by atoms with van der Waals surface area (Å²) in [5.41, 5.74) is -0.963. The molecule has 0 fully saturated rings. The van der Waals surface area contributed by atoms with E-state index in [2.05, 4.69) is 0 Å². The molecule has 0 amide bonds. The number of hydrogen-bond acceptors (Lipinski definition) is 2. The van der Waals surface area contributed by atoms with Crippen molar-refractivity contribution in [3.63, 3.8) is 0 Å². The van der Waals surface area contributed by atoms with Crippen LogP contribution in [0.1, 0.15) is 30.6 Å². The van der Waals surface area contributed by atoms with Crippen LogP contribution in [0.2, 0.25) is 0 Å². The van der Waals surface area contributed by atoms with Crippen molar-refractivity contribution in [3.8, 4) is 5.75 Å². The third-order valence-corrected chi connectivity index (χ3v) is 2.10. The molecule has 1 aromatic rings. The highest BCUT2D eigenvalue weighted by atomic mass is 19.4. The van der Waals surface area contributed by atoms with E-state index in [-0.39, 0.29) is 17.7 Å². The van der Waals surface area contributed by atoms with Crippen LogP contribution in [0.15, 0.2) is 18.2 Å². The molecular weight excluding hydrogens is 209 g/mol. The topological polar surface area (TPSA) is 40.5 Å². The fourth-order valence-corrected chi connectivity index (χ4v) is 1.22. The maximum atomic E-state index is 12.3. The van der Waals surface area contributed by atoms with E-state index in [4.69, 9.17) is 0 Å². The van der Waals surface area contributed by atoms with Crippen molar-refractivity contribution in [1.82, 2.24) is 0 Å². The molecule has 0 aromatic heterocycles. The zero-order valence-corrected chi connectivity index (χ0v) is 8.04. The van der Waals surface area contributed by atoms with E-state index in [1.165, 1.54) is 0 Å². The van der Waals surface area contributed by atoms with Gasteiger partial charge in [-0.15, -0.1) is 0 Å².